The summed E-state index contributed by atoms with van der Waals surface area (Å²) in [5.41, 5.74) is 1.60. The minimum Gasteiger partial charge on any atom is -0.355 e. The molecule has 2 aromatic rings. The van der Waals surface area contributed by atoms with Crippen LogP contribution >= 0.6 is 23.2 Å². The quantitative estimate of drug-likeness (QED) is 0.670. The Hall–Kier alpha value is -2.11. The number of nitrogens with one attached hydrogen (secondary N) is 2. The summed E-state index contributed by atoms with van der Waals surface area (Å²) < 4.78 is 13.1. The molecule has 0 unspecified atom stereocenters. The lowest BCUT2D eigenvalue weighted by Gasteiger charge is -2.08. The molecule has 7 heteroatoms. The number of carbonyl (C=O) groups excluding carboxylic acids is 2. The van der Waals surface area contributed by atoms with Crippen LogP contribution in [0.2, 0.25) is 10.0 Å². The van der Waals surface area contributed by atoms with E-state index in [9.17, 15) is 14.0 Å². The molecule has 138 valence electrons. The Bertz CT molecular complexity index is 784. The largest absolute Gasteiger partial charge is 0.355 e. The van der Waals surface area contributed by atoms with Crippen molar-refractivity contribution >= 4 is 35.0 Å². The SMILES string of the molecule is O=C(CNC(=O)Cc1cccc(F)c1)NCCCc1ccc(Cl)c(Cl)c1. The highest BCUT2D eigenvalue weighted by Gasteiger charge is 2.07. The van der Waals surface area contributed by atoms with Gasteiger partial charge in [0.05, 0.1) is 23.0 Å². The number of rotatable bonds is 8. The van der Waals surface area contributed by atoms with E-state index in [1.807, 2.05) is 6.07 Å². The molecule has 0 saturated carbocycles. The average Bonchev–Trinajstić information content (AvgIpc) is 2.60. The summed E-state index contributed by atoms with van der Waals surface area (Å²) in [6.45, 7) is 0.375. The third-order valence-electron chi connectivity index (χ3n) is 3.65. The van der Waals surface area contributed by atoms with E-state index in [-0.39, 0.29) is 24.8 Å². The molecule has 0 fully saturated rings. The molecule has 2 N–H and O–H groups in total. The van der Waals surface area contributed by atoms with Gasteiger partial charge in [-0.1, -0.05) is 41.4 Å². The van der Waals surface area contributed by atoms with E-state index in [2.05, 4.69) is 10.6 Å². The summed E-state index contributed by atoms with van der Waals surface area (Å²) in [6, 6.07) is 11.2. The Morgan fingerprint density at radius 3 is 2.46 bits per heavy atom. The molecule has 0 aliphatic rings. The van der Waals surface area contributed by atoms with Crippen molar-refractivity contribution in [1.82, 2.24) is 10.6 Å². The highest BCUT2D eigenvalue weighted by atomic mass is 35.5. The van der Waals surface area contributed by atoms with E-state index in [4.69, 9.17) is 23.2 Å². The summed E-state index contributed by atoms with van der Waals surface area (Å²) in [7, 11) is 0. The first-order valence-corrected chi connectivity index (χ1v) is 8.91. The van der Waals surface area contributed by atoms with E-state index < -0.39 is 5.82 Å². The normalized spacial score (nSPS) is 10.4. The summed E-state index contributed by atoms with van der Waals surface area (Å²) in [6.07, 6.45) is 1.52. The van der Waals surface area contributed by atoms with Crippen LogP contribution < -0.4 is 10.6 Å². The maximum Gasteiger partial charge on any atom is 0.239 e. The van der Waals surface area contributed by atoms with Crippen LogP contribution in [0.25, 0.3) is 0 Å². The molecule has 0 heterocycles. The highest BCUT2D eigenvalue weighted by molar-refractivity contribution is 6.42. The van der Waals surface area contributed by atoms with E-state index in [1.165, 1.54) is 12.1 Å². The van der Waals surface area contributed by atoms with Crippen LogP contribution in [0.4, 0.5) is 4.39 Å². The Morgan fingerprint density at radius 1 is 0.923 bits per heavy atom. The van der Waals surface area contributed by atoms with Gasteiger partial charge in [0.25, 0.3) is 0 Å². The second-order valence-corrected chi connectivity index (χ2v) is 6.60. The topological polar surface area (TPSA) is 58.2 Å². The second-order valence-electron chi connectivity index (χ2n) is 5.79. The second kappa shape index (κ2) is 10.1. The van der Waals surface area contributed by atoms with Crippen molar-refractivity contribution in [3.63, 3.8) is 0 Å². The molecule has 0 spiro atoms. The summed E-state index contributed by atoms with van der Waals surface area (Å²) >= 11 is 11.8. The van der Waals surface area contributed by atoms with Crippen LogP contribution in [0, 0.1) is 5.82 Å². The molecule has 4 nitrogen and oxygen atoms in total. The number of hydrogen-bond acceptors (Lipinski definition) is 2. The number of benzene rings is 2. The number of carbonyl (C=O) groups is 2. The van der Waals surface area contributed by atoms with Crippen molar-refractivity contribution in [2.75, 3.05) is 13.1 Å². The van der Waals surface area contributed by atoms with Crippen molar-refractivity contribution in [1.29, 1.82) is 0 Å². The van der Waals surface area contributed by atoms with E-state index >= 15 is 0 Å². The van der Waals surface area contributed by atoms with Crippen LogP contribution in [0.15, 0.2) is 42.5 Å². The van der Waals surface area contributed by atoms with Gasteiger partial charge < -0.3 is 10.6 Å². The lowest BCUT2D eigenvalue weighted by atomic mass is 10.1. The van der Waals surface area contributed by atoms with Gasteiger partial charge in [0.2, 0.25) is 11.8 Å². The monoisotopic (exact) mass is 396 g/mol. The van der Waals surface area contributed by atoms with Gasteiger partial charge >= 0.3 is 0 Å². The van der Waals surface area contributed by atoms with E-state index in [0.29, 0.717) is 22.2 Å². The molecular weight excluding hydrogens is 378 g/mol. The van der Waals surface area contributed by atoms with Gasteiger partial charge in [-0.15, -0.1) is 0 Å². The van der Waals surface area contributed by atoms with E-state index in [1.54, 1.807) is 24.3 Å². The molecule has 26 heavy (non-hydrogen) atoms. The Labute approximate surface area is 161 Å². The van der Waals surface area contributed by atoms with Gasteiger partial charge in [-0.25, -0.2) is 4.39 Å². The zero-order valence-electron chi connectivity index (χ0n) is 14.0. The maximum atomic E-state index is 13.1. The Balaban J connectivity index is 1.62. The van der Waals surface area contributed by atoms with Crippen molar-refractivity contribution < 1.29 is 14.0 Å². The zero-order valence-corrected chi connectivity index (χ0v) is 15.5. The van der Waals surface area contributed by atoms with E-state index in [0.717, 1.165) is 18.4 Å². The molecule has 2 rings (SSSR count). The zero-order chi connectivity index (χ0) is 18.9. The maximum absolute atomic E-state index is 13.1. The van der Waals surface area contributed by atoms with Gasteiger partial charge in [-0.3, -0.25) is 9.59 Å². The summed E-state index contributed by atoms with van der Waals surface area (Å²) in [5.74, 6) is -0.997. The number of hydrogen-bond donors (Lipinski definition) is 2. The van der Waals surface area contributed by atoms with Crippen molar-refractivity contribution in [2.45, 2.75) is 19.3 Å². The summed E-state index contributed by atoms with van der Waals surface area (Å²) in [4.78, 5) is 23.5. The van der Waals surface area contributed by atoms with Crippen LogP contribution in [0.1, 0.15) is 17.5 Å². The lowest BCUT2D eigenvalue weighted by Crippen LogP contribution is -2.38. The van der Waals surface area contributed by atoms with Crippen molar-refractivity contribution in [3.05, 3.63) is 69.5 Å². The van der Waals surface area contributed by atoms with Crippen LogP contribution in [0.5, 0.6) is 0 Å². The molecule has 0 aliphatic carbocycles. The molecular formula is C19H19Cl2FN2O2. The van der Waals surface area contributed by atoms with Crippen LogP contribution in [0.3, 0.4) is 0 Å². The standard InChI is InChI=1S/C19H19Cl2FN2O2/c20-16-7-6-13(10-17(16)21)4-2-8-23-19(26)12-24-18(25)11-14-3-1-5-15(22)9-14/h1,3,5-7,9-10H,2,4,8,11-12H2,(H,23,26)(H,24,25). The first kappa shape index (κ1) is 20.2. The molecule has 2 aromatic carbocycles. The fourth-order valence-electron chi connectivity index (χ4n) is 2.35. The first-order valence-electron chi connectivity index (χ1n) is 8.16. The predicted molar refractivity (Wildman–Crippen MR) is 101 cm³/mol. The minimum atomic E-state index is -0.394. The van der Waals surface area contributed by atoms with Crippen molar-refractivity contribution in [3.8, 4) is 0 Å². The number of amides is 2. The van der Waals surface area contributed by atoms with Crippen LogP contribution in [-0.4, -0.2) is 24.9 Å². The smallest absolute Gasteiger partial charge is 0.239 e. The number of halogens is 3. The van der Waals surface area contributed by atoms with Gasteiger partial charge in [0, 0.05) is 6.54 Å². The van der Waals surface area contributed by atoms with Crippen LogP contribution in [-0.2, 0) is 22.4 Å². The third kappa shape index (κ3) is 7.02. The molecule has 0 bridgehead atoms. The van der Waals surface area contributed by atoms with Gasteiger partial charge in [-0.2, -0.15) is 0 Å². The fraction of sp³-hybridized carbons (Fsp3) is 0.263. The molecule has 0 atom stereocenters. The Morgan fingerprint density at radius 2 is 1.73 bits per heavy atom. The minimum absolute atomic E-state index is 0.0301. The average molecular weight is 397 g/mol. The first-order chi connectivity index (χ1) is 12.4. The molecule has 0 aromatic heterocycles. The molecule has 0 aliphatic heterocycles. The Kier molecular flexibility index (Phi) is 7.88. The lowest BCUT2D eigenvalue weighted by molar-refractivity contribution is -0.125. The van der Waals surface area contributed by atoms with Gasteiger partial charge in [0.1, 0.15) is 5.82 Å². The molecule has 0 radical (unpaired) electrons. The highest BCUT2D eigenvalue weighted by Crippen LogP contribution is 2.23. The number of aryl methyl sites for hydroxylation is 1. The molecule has 0 saturated heterocycles. The molecule has 2 amide bonds. The predicted octanol–water partition coefficient (Wildman–Crippen LogP) is 3.54. The van der Waals surface area contributed by atoms with Gasteiger partial charge in [0.15, 0.2) is 0 Å². The van der Waals surface area contributed by atoms with Crippen molar-refractivity contribution in [2.24, 2.45) is 0 Å². The fourth-order valence-corrected chi connectivity index (χ4v) is 2.67. The van der Waals surface area contributed by atoms with Gasteiger partial charge in [-0.05, 0) is 48.2 Å². The summed E-state index contributed by atoms with van der Waals surface area (Å²) in [5, 5.41) is 6.27. The third-order valence-corrected chi connectivity index (χ3v) is 4.39.